The van der Waals surface area contributed by atoms with E-state index in [-0.39, 0.29) is 0 Å². The molecule has 0 unspecified atom stereocenters. The van der Waals surface area contributed by atoms with Gasteiger partial charge in [-0.15, -0.1) is 0 Å². The van der Waals surface area contributed by atoms with Crippen molar-refractivity contribution < 1.29 is 0 Å². The lowest BCUT2D eigenvalue weighted by molar-refractivity contribution is 1.01. The molecular weight excluding hydrogens is 1270 g/mol. The molecule has 2 aliphatic carbocycles. The number of hydrogen-bond acceptors (Lipinski definition) is 4. The fourth-order valence-electron chi connectivity index (χ4n) is 18.2. The highest BCUT2D eigenvalue weighted by atomic mass is 15.2. The third-order valence-corrected chi connectivity index (χ3v) is 22.6. The van der Waals surface area contributed by atoms with E-state index >= 15 is 0 Å². The Morgan fingerprint density at radius 3 is 1.24 bits per heavy atom. The van der Waals surface area contributed by atoms with Crippen molar-refractivity contribution in [1.29, 1.82) is 0 Å². The van der Waals surface area contributed by atoms with Crippen LogP contribution < -0.4 is 0 Å². The second-order valence-corrected chi connectivity index (χ2v) is 27.9. The van der Waals surface area contributed by atoms with E-state index in [2.05, 4.69) is 334 Å². The fourth-order valence-corrected chi connectivity index (χ4v) is 18.2. The van der Waals surface area contributed by atoms with Gasteiger partial charge in [-0.2, -0.15) is 0 Å². The highest BCUT2D eigenvalue weighted by Crippen LogP contribution is 2.55. The quantitative estimate of drug-likeness (QED) is 0.159. The van der Waals surface area contributed by atoms with Gasteiger partial charge in [0.1, 0.15) is 5.69 Å². The molecule has 0 atom stereocenters. The van der Waals surface area contributed by atoms with E-state index in [0.29, 0.717) is 5.95 Å². The molecule has 2 aliphatic rings. The van der Waals surface area contributed by atoms with Gasteiger partial charge in [0.05, 0.1) is 66.4 Å². The van der Waals surface area contributed by atoms with Crippen molar-refractivity contribution in [3.8, 4) is 101 Å². The van der Waals surface area contributed by atoms with Crippen LogP contribution in [0.1, 0.15) is 0 Å². The first kappa shape index (κ1) is 55.8. The van der Waals surface area contributed by atoms with Gasteiger partial charge >= 0.3 is 0 Å². The molecule has 8 nitrogen and oxygen atoms in total. The molecule has 8 heteroatoms. The zero-order valence-corrected chi connectivity index (χ0v) is 55.8. The molecule has 0 bridgehead atoms. The normalized spacial score (nSPS) is 12.4. The van der Waals surface area contributed by atoms with Crippen LogP contribution in [0, 0.1) is 0 Å². The molecule has 0 spiro atoms. The molecule has 22 aromatic rings. The third-order valence-electron chi connectivity index (χ3n) is 22.6. The Labute approximate surface area is 594 Å². The molecule has 0 amide bonds. The van der Waals surface area contributed by atoms with Crippen LogP contribution in [0.4, 0.5) is 0 Å². The van der Waals surface area contributed by atoms with Gasteiger partial charge in [-0.3, -0.25) is 9.13 Å². The summed E-state index contributed by atoms with van der Waals surface area (Å²) in [6, 6.07) is 120. The molecule has 0 saturated carbocycles. The van der Waals surface area contributed by atoms with Gasteiger partial charge in [0.25, 0.3) is 0 Å². The standard InChI is InChI=1S/C96H54N8/c1-5-21-57(22-6-1)93-75-50-59(41-45-76(75)99-96(100-93)104-82-40-20-35-67-70-53-85-73(63-31-13-16-38-79(63)101(85)61-27-9-3-10-28-61)51-68(70)64-32-18-26-56-43-48-84(104)92(88(56)64)90(67)82)60-44-46-80-72(49-60)74-52-69-65-33-17-25-55-42-47-83-91(87(55)65)89-66(71(69)54-86(74)102(80)62-29-11-4-12-30-62)34-19-39-81(89)103(83)95-94(58-23-7-2-8-24-58)97-77-36-14-15-37-78(77)98-95/h1-54H. The van der Waals surface area contributed by atoms with E-state index in [1.165, 1.54) is 120 Å². The average Bonchev–Trinajstić information content (AvgIpc) is 1.54. The molecule has 0 saturated heterocycles. The highest BCUT2D eigenvalue weighted by molar-refractivity contribution is 6.33. The van der Waals surface area contributed by atoms with Crippen LogP contribution in [-0.4, -0.2) is 38.2 Å². The molecule has 0 radical (unpaired) electrons. The summed E-state index contributed by atoms with van der Waals surface area (Å²) in [6.07, 6.45) is 0. The summed E-state index contributed by atoms with van der Waals surface area (Å²) < 4.78 is 9.59. The predicted octanol–water partition coefficient (Wildman–Crippen LogP) is 24.6. The lowest BCUT2D eigenvalue weighted by Crippen LogP contribution is -2.04. The Bertz CT molecular complexity index is 7570. The number of aromatic nitrogens is 8. The fraction of sp³-hybridized carbons (Fsp3) is 0. The number of fused-ring (bicyclic) bond motifs is 14. The molecule has 104 heavy (non-hydrogen) atoms. The zero-order chi connectivity index (χ0) is 67.6. The summed E-state index contributed by atoms with van der Waals surface area (Å²) in [4.78, 5) is 22.3. The molecule has 6 heterocycles. The molecule has 0 fully saturated rings. The second-order valence-electron chi connectivity index (χ2n) is 27.9. The van der Waals surface area contributed by atoms with Crippen molar-refractivity contribution in [2.75, 3.05) is 0 Å². The van der Waals surface area contributed by atoms with Gasteiger partial charge in [-0.05, 0) is 192 Å². The average molecular weight is 1320 g/mol. The largest absolute Gasteiger partial charge is 0.309 e. The summed E-state index contributed by atoms with van der Waals surface area (Å²) >= 11 is 0. The van der Waals surface area contributed by atoms with Gasteiger partial charge in [0.15, 0.2) is 5.82 Å². The Balaban J connectivity index is 0.699. The molecular formula is C96H54N8. The monoisotopic (exact) mass is 1320 g/mol. The number of hydrogen-bond donors (Lipinski definition) is 0. The van der Waals surface area contributed by atoms with Crippen LogP contribution in [0.15, 0.2) is 328 Å². The lowest BCUT2D eigenvalue weighted by Gasteiger charge is -2.16. The summed E-state index contributed by atoms with van der Waals surface area (Å²) in [5, 5.41) is 15.5. The minimum atomic E-state index is 0.626. The maximum Gasteiger partial charge on any atom is 0.235 e. The minimum Gasteiger partial charge on any atom is -0.309 e. The number of benzene rings is 16. The minimum absolute atomic E-state index is 0.626. The third kappa shape index (κ3) is 7.59. The van der Waals surface area contributed by atoms with Crippen molar-refractivity contribution in [2.24, 2.45) is 0 Å². The highest BCUT2D eigenvalue weighted by Gasteiger charge is 2.31. The van der Waals surface area contributed by atoms with Gasteiger partial charge in [-0.25, -0.2) is 19.9 Å². The van der Waals surface area contributed by atoms with Crippen molar-refractivity contribution in [1.82, 2.24) is 38.2 Å². The van der Waals surface area contributed by atoms with E-state index in [4.69, 9.17) is 19.9 Å². The van der Waals surface area contributed by atoms with Crippen LogP contribution in [0.25, 0.3) is 232 Å². The first-order valence-electron chi connectivity index (χ1n) is 35.6. The van der Waals surface area contributed by atoms with Crippen molar-refractivity contribution in [2.45, 2.75) is 0 Å². The summed E-state index contributed by atoms with van der Waals surface area (Å²) in [7, 11) is 0. The van der Waals surface area contributed by atoms with E-state index < -0.39 is 0 Å². The predicted molar refractivity (Wildman–Crippen MR) is 430 cm³/mol. The van der Waals surface area contributed by atoms with E-state index in [0.717, 1.165) is 106 Å². The van der Waals surface area contributed by atoms with E-state index in [9.17, 15) is 0 Å². The molecule has 24 rings (SSSR count). The second kappa shape index (κ2) is 20.8. The molecule has 16 aromatic carbocycles. The number of nitrogens with zero attached hydrogens (tertiary/aromatic N) is 8. The molecule has 478 valence electrons. The Hall–Kier alpha value is -14.1. The zero-order valence-electron chi connectivity index (χ0n) is 55.8. The summed E-state index contributed by atoms with van der Waals surface area (Å²) in [6.45, 7) is 0. The summed E-state index contributed by atoms with van der Waals surface area (Å²) in [5.41, 5.74) is 29.3. The number of para-hydroxylation sites is 5. The van der Waals surface area contributed by atoms with Crippen LogP contribution in [0.2, 0.25) is 0 Å². The molecule has 0 aliphatic heterocycles. The van der Waals surface area contributed by atoms with Crippen LogP contribution >= 0.6 is 0 Å². The smallest absolute Gasteiger partial charge is 0.235 e. The maximum atomic E-state index is 5.77. The Morgan fingerprint density at radius 2 is 0.625 bits per heavy atom. The first-order chi connectivity index (χ1) is 51.6. The molecule has 0 N–H and O–H groups in total. The molecule has 6 aromatic heterocycles. The van der Waals surface area contributed by atoms with Crippen molar-refractivity contribution in [3.05, 3.63) is 328 Å². The first-order valence-corrected chi connectivity index (χ1v) is 35.6. The SMILES string of the molecule is c1ccc(-c2nc3ccccc3nc2-n2c3cccc4c3c3c5c(cccc5ccc32)-c2cc3c5cc(-c6ccc7nc(-n8c9cccc%10c9c9c%11c(cccc%11ccc98)-c8cc9c%11ccccc%11n(-c%11ccccc%11)c9cc8-%10)nc(-c8ccccc8)c7c6)ccc5n(-c5ccccc5)c3cc2-4)cc1. The van der Waals surface area contributed by atoms with Crippen LogP contribution in [0.3, 0.4) is 0 Å². The Kier molecular flexibility index (Phi) is 11.1. The van der Waals surface area contributed by atoms with E-state index in [1.54, 1.807) is 0 Å². The van der Waals surface area contributed by atoms with Gasteiger partial charge in [0.2, 0.25) is 5.95 Å². The maximum absolute atomic E-state index is 5.77. The van der Waals surface area contributed by atoms with Gasteiger partial charge < -0.3 is 9.13 Å². The van der Waals surface area contributed by atoms with Gasteiger partial charge in [-0.1, -0.05) is 212 Å². The van der Waals surface area contributed by atoms with E-state index in [1.807, 2.05) is 12.1 Å². The Morgan fingerprint density at radius 1 is 0.192 bits per heavy atom. The summed E-state index contributed by atoms with van der Waals surface area (Å²) in [5.74, 6) is 1.43. The lowest BCUT2D eigenvalue weighted by atomic mass is 9.91. The topological polar surface area (TPSA) is 71.3 Å². The van der Waals surface area contributed by atoms with Crippen LogP contribution in [-0.2, 0) is 0 Å². The van der Waals surface area contributed by atoms with Gasteiger partial charge in [0, 0.05) is 71.0 Å². The number of rotatable bonds is 7. The van der Waals surface area contributed by atoms with Crippen molar-refractivity contribution >= 4 is 131 Å². The van der Waals surface area contributed by atoms with Crippen LogP contribution in [0.5, 0.6) is 0 Å². The van der Waals surface area contributed by atoms with Crippen molar-refractivity contribution in [3.63, 3.8) is 0 Å².